The van der Waals surface area contributed by atoms with Crippen LogP contribution in [0.3, 0.4) is 0 Å². The van der Waals surface area contributed by atoms with E-state index >= 15 is 0 Å². The van der Waals surface area contributed by atoms with Crippen LogP contribution in [0, 0.1) is 20.2 Å². The van der Waals surface area contributed by atoms with Crippen molar-refractivity contribution >= 4 is 17.1 Å². The van der Waals surface area contributed by atoms with Crippen molar-refractivity contribution in [3.05, 3.63) is 38.4 Å². The van der Waals surface area contributed by atoms with E-state index in [0.29, 0.717) is 11.7 Å². The summed E-state index contributed by atoms with van der Waals surface area (Å²) in [7, 11) is 0. The Hall–Kier alpha value is -2.26. The molecule has 1 aromatic carbocycles. The second-order valence-corrected chi connectivity index (χ2v) is 6.05. The summed E-state index contributed by atoms with van der Waals surface area (Å²) in [5, 5.41) is 22.0. The summed E-state index contributed by atoms with van der Waals surface area (Å²) in [6.45, 7) is 5.03. The van der Waals surface area contributed by atoms with Gasteiger partial charge in [0.05, 0.1) is 23.1 Å². The van der Waals surface area contributed by atoms with Crippen LogP contribution in [0.2, 0.25) is 0 Å². The molecule has 0 amide bonds. The maximum atomic E-state index is 11.1. The number of nitro benzene ring substituents is 2. The molecule has 0 spiro atoms. The molecule has 24 heavy (non-hydrogen) atoms. The van der Waals surface area contributed by atoms with E-state index in [0.717, 1.165) is 52.2 Å². The molecule has 2 aliphatic heterocycles. The van der Waals surface area contributed by atoms with Gasteiger partial charge in [0.1, 0.15) is 0 Å². The standard InChI is InChI=1S/C15H20N4O5/c20-18(21)14-2-1-13(11-15(14)19(22)23)16-5-3-12(4-6-16)17-7-9-24-10-8-17/h1-2,11-12H,3-10H2. The minimum atomic E-state index is -0.716. The molecule has 2 saturated heterocycles. The molecule has 0 aromatic heterocycles. The average molecular weight is 336 g/mol. The van der Waals surface area contributed by atoms with Crippen molar-refractivity contribution in [2.24, 2.45) is 0 Å². The van der Waals surface area contributed by atoms with Gasteiger partial charge in [-0.3, -0.25) is 25.1 Å². The van der Waals surface area contributed by atoms with Gasteiger partial charge in [-0.2, -0.15) is 0 Å². The number of anilines is 1. The summed E-state index contributed by atoms with van der Waals surface area (Å²) in [6, 6.07) is 4.65. The first kappa shape index (κ1) is 16.6. The zero-order chi connectivity index (χ0) is 17.1. The highest BCUT2D eigenvalue weighted by molar-refractivity contribution is 5.63. The van der Waals surface area contributed by atoms with E-state index in [1.807, 2.05) is 0 Å². The third-order valence-corrected chi connectivity index (χ3v) is 4.74. The lowest BCUT2D eigenvalue weighted by atomic mass is 10.0. The number of hydrogen-bond donors (Lipinski definition) is 0. The van der Waals surface area contributed by atoms with Gasteiger partial charge in [-0.25, -0.2) is 0 Å². The molecule has 0 radical (unpaired) electrons. The van der Waals surface area contributed by atoms with Crippen LogP contribution in [-0.2, 0) is 4.74 Å². The molecule has 2 aliphatic rings. The monoisotopic (exact) mass is 336 g/mol. The van der Waals surface area contributed by atoms with Gasteiger partial charge in [-0.15, -0.1) is 0 Å². The zero-order valence-electron chi connectivity index (χ0n) is 13.3. The van der Waals surface area contributed by atoms with E-state index in [1.165, 1.54) is 12.1 Å². The summed E-state index contributed by atoms with van der Waals surface area (Å²) in [6.07, 6.45) is 1.95. The van der Waals surface area contributed by atoms with Crippen LogP contribution in [0.5, 0.6) is 0 Å². The molecule has 0 unspecified atom stereocenters. The van der Waals surface area contributed by atoms with E-state index in [2.05, 4.69) is 9.80 Å². The maximum Gasteiger partial charge on any atom is 0.348 e. The molecule has 9 heteroatoms. The fourth-order valence-corrected chi connectivity index (χ4v) is 3.44. The van der Waals surface area contributed by atoms with Crippen LogP contribution >= 0.6 is 0 Å². The van der Waals surface area contributed by atoms with Crippen LogP contribution in [0.15, 0.2) is 18.2 Å². The van der Waals surface area contributed by atoms with Crippen LogP contribution < -0.4 is 4.90 Å². The van der Waals surface area contributed by atoms with Crippen molar-refractivity contribution < 1.29 is 14.6 Å². The lowest BCUT2D eigenvalue weighted by molar-refractivity contribution is -0.422. The van der Waals surface area contributed by atoms with E-state index in [4.69, 9.17) is 4.74 Å². The number of nitrogens with zero attached hydrogens (tertiary/aromatic N) is 4. The van der Waals surface area contributed by atoms with E-state index in [9.17, 15) is 20.2 Å². The van der Waals surface area contributed by atoms with Crippen molar-refractivity contribution in [2.75, 3.05) is 44.3 Å². The molecule has 9 nitrogen and oxygen atoms in total. The summed E-state index contributed by atoms with van der Waals surface area (Å²) in [5.74, 6) is 0. The Kier molecular flexibility index (Phi) is 4.91. The van der Waals surface area contributed by atoms with E-state index in [1.54, 1.807) is 6.07 Å². The number of benzene rings is 1. The Labute approximate surface area is 139 Å². The second kappa shape index (κ2) is 7.10. The zero-order valence-corrected chi connectivity index (χ0v) is 13.3. The van der Waals surface area contributed by atoms with Gasteiger partial charge in [-0.05, 0) is 18.9 Å². The Morgan fingerprint density at radius 2 is 1.58 bits per heavy atom. The van der Waals surface area contributed by atoms with Crippen molar-refractivity contribution in [1.29, 1.82) is 0 Å². The lowest BCUT2D eigenvalue weighted by Crippen LogP contribution is -2.49. The van der Waals surface area contributed by atoms with Gasteiger partial charge in [0.25, 0.3) is 0 Å². The van der Waals surface area contributed by atoms with Gasteiger partial charge < -0.3 is 9.64 Å². The van der Waals surface area contributed by atoms with Crippen LogP contribution in [-0.4, -0.2) is 60.2 Å². The predicted molar refractivity (Wildman–Crippen MR) is 87.4 cm³/mol. The highest BCUT2D eigenvalue weighted by Crippen LogP contribution is 2.32. The minimum absolute atomic E-state index is 0.451. The molecule has 0 bridgehead atoms. The Balaban J connectivity index is 1.68. The van der Waals surface area contributed by atoms with Crippen LogP contribution in [0.25, 0.3) is 0 Å². The lowest BCUT2D eigenvalue weighted by Gasteiger charge is -2.40. The van der Waals surface area contributed by atoms with Crippen molar-refractivity contribution in [1.82, 2.24) is 4.90 Å². The minimum Gasteiger partial charge on any atom is -0.379 e. The number of nitro groups is 2. The van der Waals surface area contributed by atoms with E-state index < -0.39 is 21.2 Å². The summed E-state index contributed by atoms with van der Waals surface area (Å²) in [5.41, 5.74) is -0.243. The fraction of sp³-hybridized carbons (Fsp3) is 0.600. The number of rotatable bonds is 4. The van der Waals surface area contributed by atoms with Gasteiger partial charge in [-0.1, -0.05) is 0 Å². The van der Waals surface area contributed by atoms with Gasteiger partial charge >= 0.3 is 11.4 Å². The van der Waals surface area contributed by atoms with Crippen molar-refractivity contribution in [3.63, 3.8) is 0 Å². The fourth-order valence-electron chi connectivity index (χ4n) is 3.44. The van der Waals surface area contributed by atoms with E-state index in [-0.39, 0.29) is 0 Å². The molecule has 2 heterocycles. The van der Waals surface area contributed by atoms with Crippen LogP contribution in [0.4, 0.5) is 17.1 Å². The second-order valence-electron chi connectivity index (χ2n) is 6.05. The molecule has 3 rings (SSSR count). The number of piperidine rings is 1. The summed E-state index contributed by atoms with van der Waals surface area (Å²) < 4.78 is 5.38. The molecule has 2 fully saturated rings. The first-order chi connectivity index (χ1) is 11.6. The highest BCUT2D eigenvalue weighted by Gasteiger charge is 2.29. The molecule has 130 valence electrons. The van der Waals surface area contributed by atoms with Crippen LogP contribution in [0.1, 0.15) is 12.8 Å². The predicted octanol–water partition coefficient (Wildman–Crippen LogP) is 1.80. The van der Waals surface area contributed by atoms with Gasteiger partial charge in [0.2, 0.25) is 0 Å². The number of hydrogen-bond acceptors (Lipinski definition) is 7. The molecule has 0 aliphatic carbocycles. The topological polar surface area (TPSA) is 102 Å². The average Bonchev–Trinajstić information content (AvgIpc) is 2.62. The molecular formula is C15H20N4O5. The van der Waals surface area contributed by atoms with Gasteiger partial charge in [0, 0.05) is 50.0 Å². The molecule has 0 atom stereocenters. The number of morpholine rings is 1. The Morgan fingerprint density at radius 3 is 2.17 bits per heavy atom. The smallest absolute Gasteiger partial charge is 0.348 e. The Bertz CT molecular complexity index is 624. The summed E-state index contributed by atoms with van der Waals surface area (Å²) >= 11 is 0. The third kappa shape index (κ3) is 3.46. The maximum absolute atomic E-state index is 11.1. The molecule has 0 saturated carbocycles. The molecular weight excluding hydrogens is 316 g/mol. The first-order valence-corrected chi connectivity index (χ1v) is 8.06. The highest BCUT2D eigenvalue weighted by atomic mass is 16.6. The first-order valence-electron chi connectivity index (χ1n) is 8.06. The quantitative estimate of drug-likeness (QED) is 0.610. The van der Waals surface area contributed by atoms with Crippen molar-refractivity contribution in [3.8, 4) is 0 Å². The normalized spacial score (nSPS) is 20.1. The number of ether oxygens (including phenoxy) is 1. The molecule has 0 N–H and O–H groups in total. The Morgan fingerprint density at radius 1 is 0.958 bits per heavy atom. The third-order valence-electron chi connectivity index (χ3n) is 4.74. The van der Waals surface area contributed by atoms with Crippen molar-refractivity contribution in [2.45, 2.75) is 18.9 Å². The molecule has 1 aromatic rings. The largest absolute Gasteiger partial charge is 0.379 e. The SMILES string of the molecule is O=[N+]([O-])c1ccc(N2CCC(N3CCOCC3)CC2)cc1[N+](=O)[O-]. The summed E-state index contributed by atoms with van der Waals surface area (Å²) in [4.78, 5) is 25.1. The van der Waals surface area contributed by atoms with Gasteiger partial charge in [0.15, 0.2) is 0 Å².